The lowest BCUT2D eigenvalue weighted by Crippen LogP contribution is -2.38. The summed E-state index contributed by atoms with van der Waals surface area (Å²) in [4.78, 5) is 14.0. The van der Waals surface area contributed by atoms with Crippen LogP contribution in [-0.4, -0.2) is 41.3 Å². The van der Waals surface area contributed by atoms with Crippen molar-refractivity contribution >= 4 is 39.1 Å². The molecule has 3 aromatic rings. The normalized spacial score (nSPS) is 11.0. The molecule has 0 aliphatic carbocycles. The van der Waals surface area contributed by atoms with Crippen molar-refractivity contribution < 1.29 is 22.7 Å². The number of hydrogen-bond acceptors (Lipinski definition) is 6. The fraction of sp³-hybridized carbons (Fsp3) is 0.208. The first-order valence-corrected chi connectivity index (χ1v) is 12.7. The molecule has 3 aromatic carbocycles. The zero-order chi connectivity index (χ0) is 24.0. The predicted molar refractivity (Wildman–Crippen MR) is 132 cm³/mol. The van der Waals surface area contributed by atoms with Crippen LogP contribution in [0.1, 0.15) is 5.56 Å². The number of hydrogen-bond donors (Lipinski definition) is 1. The largest absolute Gasteiger partial charge is 0.497 e. The zero-order valence-corrected chi connectivity index (χ0v) is 20.5. The van der Waals surface area contributed by atoms with Crippen molar-refractivity contribution in [3.05, 3.63) is 72.3 Å². The Kier molecular flexibility index (Phi) is 7.88. The van der Waals surface area contributed by atoms with Crippen LogP contribution in [0.3, 0.4) is 0 Å². The van der Waals surface area contributed by atoms with E-state index in [1.165, 1.54) is 32.4 Å². The third-order valence-corrected chi connectivity index (χ3v) is 7.40. The Morgan fingerprint density at radius 2 is 1.73 bits per heavy atom. The Bertz CT molecular complexity index is 1230. The van der Waals surface area contributed by atoms with Crippen LogP contribution < -0.4 is 19.1 Å². The number of anilines is 2. The van der Waals surface area contributed by atoms with Crippen LogP contribution in [0.25, 0.3) is 0 Å². The molecule has 1 amide bonds. The lowest BCUT2D eigenvalue weighted by atomic mass is 10.2. The standard InChI is InChI=1S/C24H26N2O5S2/c1-17-8-11-21(12-9-17)33(28,29)26(22-15-19(30-2)10-13-23(22)31-3)16-24(27)25-18-6-5-7-20(14-18)32-4/h5-15H,16H2,1-4H3,(H,25,27). The van der Waals surface area contributed by atoms with Gasteiger partial charge in [0.25, 0.3) is 10.0 Å². The van der Waals surface area contributed by atoms with Crippen LogP contribution in [0.15, 0.2) is 76.5 Å². The number of carbonyl (C=O) groups excluding carboxylic acids is 1. The van der Waals surface area contributed by atoms with Gasteiger partial charge in [0.15, 0.2) is 0 Å². The number of nitrogens with zero attached hydrogens (tertiary/aromatic N) is 1. The third kappa shape index (κ3) is 5.80. The van der Waals surface area contributed by atoms with Gasteiger partial charge in [-0.2, -0.15) is 0 Å². The molecule has 0 aliphatic rings. The first-order valence-electron chi connectivity index (χ1n) is 10.0. The molecule has 0 spiro atoms. The number of aryl methyl sites for hydroxylation is 1. The lowest BCUT2D eigenvalue weighted by Gasteiger charge is -2.26. The molecule has 0 unspecified atom stereocenters. The van der Waals surface area contributed by atoms with Gasteiger partial charge in [-0.3, -0.25) is 9.10 Å². The molecular formula is C24H26N2O5S2. The van der Waals surface area contributed by atoms with Gasteiger partial charge in [0.05, 0.1) is 24.8 Å². The lowest BCUT2D eigenvalue weighted by molar-refractivity contribution is -0.114. The summed E-state index contributed by atoms with van der Waals surface area (Å²) in [5.74, 6) is 0.237. The Labute approximate surface area is 198 Å². The molecule has 0 saturated carbocycles. The van der Waals surface area contributed by atoms with E-state index < -0.39 is 22.5 Å². The minimum Gasteiger partial charge on any atom is -0.497 e. The number of benzene rings is 3. The number of amides is 1. The van der Waals surface area contributed by atoms with E-state index in [1.807, 2.05) is 31.4 Å². The molecule has 0 bridgehead atoms. The number of ether oxygens (including phenoxy) is 2. The number of sulfonamides is 1. The van der Waals surface area contributed by atoms with Gasteiger partial charge >= 0.3 is 0 Å². The summed E-state index contributed by atoms with van der Waals surface area (Å²) in [5, 5.41) is 2.79. The van der Waals surface area contributed by atoms with Crippen molar-refractivity contribution in [1.82, 2.24) is 0 Å². The summed E-state index contributed by atoms with van der Waals surface area (Å²) in [7, 11) is -1.17. The topological polar surface area (TPSA) is 84.9 Å². The van der Waals surface area contributed by atoms with Crippen LogP contribution in [0, 0.1) is 6.92 Å². The monoisotopic (exact) mass is 486 g/mol. The molecule has 0 atom stereocenters. The Morgan fingerprint density at radius 3 is 2.36 bits per heavy atom. The molecule has 7 nitrogen and oxygen atoms in total. The second-order valence-electron chi connectivity index (χ2n) is 7.14. The summed E-state index contributed by atoms with van der Waals surface area (Å²) < 4.78 is 39.0. The van der Waals surface area contributed by atoms with Gasteiger partial charge in [-0.25, -0.2) is 8.42 Å². The van der Waals surface area contributed by atoms with Gasteiger partial charge in [-0.15, -0.1) is 11.8 Å². The van der Waals surface area contributed by atoms with Crippen LogP contribution >= 0.6 is 11.8 Å². The van der Waals surface area contributed by atoms with Crippen molar-refractivity contribution in [2.45, 2.75) is 16.7 Å². The van der Waals surface area contributed by atoms with Crippen LogP contribution in [0.5, 0.6) is 11.5 Å². The van der Waals surface area contributed by atoms with Gasteiger partial charge in [0.1, 0.15) is 18.0 Å². The summed E-state index contributed by atoms with van der Waals surface area (Å²) >= 11 is 1.54. The molecular weight excluding hydrogens is 460 g/mol. The summed E-state index contributed by atoms with van der Waals surface area (Å²) in [5.41, 5.74) is 1.70. The van der Waals surface area contributed by atoms with Gasteiger partial charge in [-0.1, -0.05) is 23.8 Å². The maximum Gasteiger partial charge on any atom is 0.264 e. The second kappa shape index (κ2) is 10.6. The second-order valence-corrected chi connectivity index (χ2v) is 9.88. The molecule has 0 saturated heterocycles. The molecule has 174 valence electrons. The van der Waals surface area contributed by atoms with Gasteiger partial charge in [-0.05, 0) is 55.6 Å². The molecule has 0 heterocycles. The van der Waals surface area contributed by atoms with Crippen molar-refractivity contribution in [3.8, 4) is 11.5 Å². The Balaban J connectivity index is 2.03. The summed E-state index contributed by atoms with van der Waals surface area (Å²) in [6.07, 6.45) is 1.94. The summed E-state index contributed by atoms with van der Waals surface area (Å²) in [6, 6.07) is 18.6. The third-order valence-electron chi connectivity index (χ3n) is 4.90. The van der Waals surface area contributed by atoms with Crippen molar-refractivity contribution in [2.24, 2.45) is 0 Å². The average molecular weight is 487 g/mol. The fourth-order valence-electron chi connectivity index (χ4n) is 3.16. The number of rotatable bonds is 9. The highest BCUT2D eigenvalue weighted by molar-refractivity contribution is 7.98. The van der Waals surface area contributed by atoms with Crippen molar-refractivity contribution in [2.75, 3.05) is 36.6 Å². The van der Waals surface area contributed by atoms with E-state index >= 15 is 0 Å². The van der Waals surface area contributed by atoms with Gasteiger partial charge in [0, 0.05) is 16.6 Å². The maximum atomic E-state index is 13.6. The van der Waals surface area contributed by atoms with E-state index in [2.05, 4.69) is 5.32 Å². The van der Waals surface area contributed by atoms with E-state index in [0.717, 1.165) is 14.8 Å². The smallest absolute Gasteiger partial charge is 0.264 e. The zero-order valence-electron chi connectivity index (χ0n) is 18.9. The first-order chi connectivity index (χ1) is 15.8. The molecule has 0 aliphatic heterocycles. The van der Waals surface area contributed by atoms with Crippen molar-refractivity contribution in [1.29, 1.82) is 0 Å². The van der Waals surface area contributed by atoms with Gasteiger partial charge < -0.3 is 14.8 Å². The highest BCUT2D eigenvalue weighted by atomic mass is 32.2. The maximum absolute atomic E-state index is 13.6. The average Bonchev–Trinajstić information content (AvgIpc) is 2.82. The Morgan fingerprint density at radius 1 is 1.00 bits per heavy atom. The minimum atomic E-state index is -4.10. The molecule has 0 aromatic heterocycles. The molecule has 33 heavy (non-hydrogen) atoms. The van der Waals surface area contributed by atoms with E-state index in [1.54, 1.807) is 42.1 Å². The van der Waals surface area contributed by atoms with Crippen LogP contribution in [-0.2, 0) is 14.8 Å². The van der Waals surface area contributed by atoms with Crippen LogP contribution in [0.4, 0.5) is 11.4 Å². The number of carbonyl (C=O) groups is 1. The predicted octanol–water partition coefficient (Wildman–Crippen LogP) is 4.57. The number of methoxy groups -OCH3 is 2. The molecule has 0 fully saturated rings. The Hall–Kier alpha value is -3.17. The quantitative estimate of drug-likeness (QED) is 0.446. The molecule has 0 radical (unpaired) electrons. The number of nitrogens with one attached hydrogen (secondary N) is 1. The first kappa shape index (κ1) is 24.5. The highest BCUT2D eigenvalue weighted by Gasteiger charge is 2.30. The van der Waals surface area contributed by atoms with Gasteiger partial charge in [0.2, 0.25) is 5.91 Å². The minimum absolute atomic E-state index is 0.0650. The van der Waals surface area contributed by atoms with E-state index in [4.69, 9.17) is 9.47 Å². The van der Waals surface area contributed by atoms with E-state index in [-0.39, 0.29) is 10.6 Å². The highest BCUT2D eigenvalue weighted by Crippen LogP contribution is 2.35. The molecule has 3 rings (SSSR count). The fourth-order valence-corrected chi connectivity index (χ4v) is 5.04. The van der Waals surface area contributed by atoms with Crippen molar-refractivity contribution in [3.63, 3.8) is 0 Å². The summed E-state index contributed by atoms with van der Waals surface area (Å²) in [6.45, 7) is 1.42. The molecule has 1 N–H and O–H groups in total. The molecule has 9 heteroatoms. The van der Waals surface area contributed by atoms with E-state index in [0.29, 0.717) is 17.2 Å². The SMILES string of the molecule is COc1ccc(OC)c(N(CC(=O)Nc2cccc(SC)c2)S(=O)(=O)c2ccc(C)cc2)c1. The number of thioether (sulfide) groups is 1. The van der Waals surface area contributed by atoms with E-state index in [9.17, 15) is 13.2 Å². The van der Waals surface area contributed by atoms with Crippen LogP contribution in [0.2, 0.25) is 0 Å².